The van der Waals surface area contributed by atoms with Gasteiger partial charge in [-0.15, -0.1) is 6.42 Å². The van der Waals surface area contributed by atoms with Crippen LogP contribution in [0.3, 0.4) is 0 Å². The number of aromatic nitrogens is 1. The van der Waals surface area contributed by atoms with Gasteiger partial charge in [0.2, 0.25) is 5.91 Å². The molecule has 1 aromatic carbocycles. The summed E-state index contributed by atoms with van der Waals surface area (Å²) in [5, 5.41) is 2.65. The van der Waals surface area contributed by atoms with E-state index in [9.17, 15) is 9.59 Å². The monoisotopic (exact) mass is 377 g/mol. The second-order valence-corrected chi connectivity index (χ2v) is 6.54. The zero-order valence-corrected chi connectivity index (χ0v) is 15.6. The minimum Gasteiger partial charge on any atom is -0.396 e. The first kappa shape index (κ1) is 19.4. The van der Waals surface area contributed by atoms with E-state index in [-0.39, 0.29) is 24.9 Å². The number of nitrogens with two attached hydrogens (primary N) is 1. The van der Waals surface area contributed by atoms with Crippen molar-refractivity contribution in [3.8, 4) is 23.6 Å². The third-order valence-electron chi connectivity index (χ3n) is 4.68. The van der Waals surface area contributed by atoms with Crippen molar-refractivity contribution in [2.75, 3.05) is 45.0 Å². The first-order chi connectivity index (χ1) is 13.6. The number of nitrogens with one attached hydrogen (secondary N) is 1. The number of hydrogen-bond donors (Lipinski definition) is 2. The molecule has 1 saturated heterocycles. The molecule has 0 saturated carbocycles. The van der Waals surface area contributed by atoms with Gasteiger partial charge in [-0.25, -0.2) is 0 Å². The molecule has 0 radical (unpaired) electrons. The Bertz CT molecular complexity index is 883. The number of carbonyl (C=O) groups excluding carboxylic acids is 2. The first-order valence-electron chi connectivity index (χ1n) is 9.12. The number of pyridine rings is 1. The van der Waals surface area contributed by atoms with Crippen molar-refractivity contribution < 1.29 is 9.59 Å². The maximum absolute atomic E-state index is 13.0. The number of nitrogen functional groups attached to an aromatic ring is 1. The van der Waals surface area contributed by atoms with E-state index in [2.05, 4.69) is 16.2 Å². The van der Waals surface area contributed by atoms with Gasteiger partial charge in [-0.05, 0) is 6.07 Å². The predicted molar refractivity (Wildman–Crippen MR) is 108 cm³/mol. The number of hydrogen-bond acceptors (Lipinski definition) is 5. The molecule has 2 amide bonds. The van der Waals surface area contributed by atoms with Gasteiger partial charge in [0.15, 0.2) is 0 Å². The molecular formula is C21H23N5O2. The van der Waals surface area contributed by atoms with E-state index in [1.54, 1.807) is 17.2 Å². The largest absolute Gasteiger partial charge is 0.396 e. The molecule has 144 valence electrons. The Balaban J connectivity index is 1.65. The smallest absolute Gasteiger partial charge is 0.256 e. The Labute approximate surface area is 164 Å². The number of amides is 2. The van der Waals surface area contributed by atoms with Crippen LogP contribution in [0.2, 0.25) is 0 Å². The average Bonchev–Trinajstić information content (AvgIpc) is 2.73. The van der Waals surface area contributed by atoms with E-state index in [0.717, 1.165) is 5.56 Å². The van der Waals surface area contributed by atoms with Gasteiger partial charge in [-0.3, -0.25) is 19.5 Å². The van der Waals surface area contributed by atoms with Crippen molar-refractivity contribution in [1.82, 2.24) is 20.1 Å². The summed E-state index contributed by atoms with van der Waals surface area (Å²) in [7, 11) is 0. The Morgan fingerprint density at radius 1 is 1.14 bits per heavy atom. The van der Waals surface area contributed by atoms with Crippen LogP contribution in [0.4, 0.5) is 5.69 Å². The molecular weight excluding hydrogens is 354 g/mol. The highest BCUT2D eigenvalue weighted by atomic mass is 16.2. The van der Waals surface area contributed by atoms with Crippen LogP contribution in [0.15, 0.2) is 42.6 Å². The summed E-state index contributed by atoms with van der Waals surface area (Å²) < 4.78 is 0. The Hall–Kier alpha value is -3.37. The number of rotatable bonds is 5. The van der Waals surface area contributed by atoms with E-state index in [1.807, 2.05) is 35.2 Å². The van der Waals surface area contributed by atoms with Gasteiger partial charge < -0.3 is 16.0 Å². The molecule has 7 heteroatoms. The maximum Gasteiger partial charge on any atom is 0.256 e. The minimum atomic E-state index is -0.117. The van der Waals surface area contributed by atoms with Crippen LogP contribution in [-0.2, 0) is 4.79 Å². The molecule has 0 aliphatic carbocycles. The van der Waals surface area contributed by atoms with E-state index < -0.39 is 0 Å². The fourth-order valence-corrected chi connectivity index (χ4v) is 3.17. The molecule has 3 N–H and O–H groups in total. The summed E-state index contributed by atoms with van der Waals surface area (Å²) in [4.78, 5) is 32.8. The molecule has 1 aliphatic rings. The Morgan fingerprint density at radius 3 is 2.54 bits per heavy atom. The third-order valence-corrected chi connectivity index (χ3v) is 4.68. The number of terminal acetylenes is 1. The van der Waals surface area contributed by atoms with Crippen molar-refractivity contribution >= 4 is 17.5 Å². The number of anilines is 1. The summed E-state index contributed by atoms with van der Waals surface area (Å²) >= 11 is 0. The van der Waals surface area contributed by atoms with Crippen LogP contribution in [0.1, 0.15) is 10.4 Å². The van der Waals surface area contributed by atoms with E-state index in [4.69, 9.17) is 12.2 Å². The lowest BCUT2D eigenvalue weighted by Gasteiger charge is -2.34. The molecule has 3 rings (SSSR count). The highest BCUT2D eigenvalue weighted by Crippen LogP contribution is 2.27. The molecule has 1 fully saturated rings. The third kappa shape index (κ3) is 4.48. The molecule has 28 heavy (non-hydrogen) atoms. The standard InChI is InChI=1S/C21H23N5O2/c1-2-9-23-18(27)15-25-11-13-26(14-12-25)21(28)17-8-10-24-20(19(17)22)16-6-4-3-5-7-16/h1,3-8,10H,9,11-15,22H2,(H,23,27). The number of piperazine rings is 1. The average molecular weight is 377 g/mol. The van der Waals surface area contributed by atoms with E-state index in [0.29, 0.717) is 43.1 Å². The van der Waals surface area contributed by atoms with E-state index >= 15 is 0 Å². The van der Waals surface area contributed by atoms with Crippen LogP contribution in [0, 0.1) is 12.3 Å². The summed E-state index contributed by atoms with van der Waals surface area (Å²) in [5.41, 5.74) is 8.59. The summed E-state index contributed by atoms with van der Waals surface area (Å²) in [6, 6.07) is 11.2. The lowest BCUT2D eigenvalue weighted by molar-refractivity contribution is -0.122. The molecule has 2 heterocycles. The topological polar surface area (TPSA) is 91.6 Å². The fourth-order valence-electron chi connectivity index (χ4n) is 3.17. The van der Waals surface area contributed by atoms with Gasteiger partial charge in [0.25, 0.3) is 5.91 Å². The van der Waals surface area contributed by atoms with Gasteiger partial charge >= 0.3 is 0 Å². The molecule has 2 aromatic rings. The first-order valence-corrected chi connectivity index (χ1v) is 9.12. The predicted octanol–water partition coefficient (Wildman–Crippen LogP) is 0.838. The lowest BCUT2D eigenvalue weighted by Crippen LogP contribution is -2.51. The van der Waals surface area contributed by atoms with Crippen LogP contribution in [0.5, 0.6) is 0 Å². The van der Waals surface area contributed by atoms with Crippen molar-refractivity contribution in [1.29, 1.82) is 0 Å². The summed E-state index contributed by atoms with van der Waals surface area (Å²) in [6.45, 7) is 2.80. The second-order valence-electron chi connectivity index (χ2n) is 6.54. The highest BCUT2D eigenvalue weighted by molar-refractivity contribution is 6.01. The zero-order valence-electron chi connectivity index (χ0n) is 15.6. The molecule has 0 spiro atoms. The number of carbonyl (C=O) groups is 2. The minimum absolute atomic E-state index is 0.108. The van der Waals surface area contributed by atoms with Gasteiger partial charge in [-0.1, -0.05) is 36.3 Å². The Kier molecular flexibility index (Phi) is 6.25. The number of nitrogens with zero attached hydrogens (tertiary/aromatic N) is 3. The highest BCUT2D eigenvalue weighted by Gasteiger charge is 2.25. The van der Waals surface area contributed by atoms with Gasteiger partial charge in [-0.2, -0.15) is 0 Å². The molecule has 1 aliphatic heterocycles. The van der Waals surface area contributed by atoms with Crippen molar-refractivity contribution in [2.45, 2.75) is 0 Å². The van der Waals surface area contributed by atoms with E-state index in [1.165, 1.54) is 0 Å². The lowest BCUT2D eigenvalue weighted by atomic mass is 10.1. The normalized spacial score (nSPS) is 14.3. The fraction of sp³-hybridized carbons (Fsp3) is 0.286. The SMILES string of the molecule is C#CCNC(=O)CN1CCN(C(=O)c2ccnc(-c3ccccc3)c2N)CC1. The van der Waals surface area contributed by atoms with Gasteiger partial charge in [0, 0.05) is 37.9 Å². The Morgan fingerprint density at radius 2 is 1.86 bits per heavy atom. The molecule has 1 aromatic heterocycles. The van der Waals surface area contributed by atoms with Crippen LogP contribution in [0.25, 0.3) is 11.3 Å². The number of benzene rings is 1. The van der Waals surface area contributed by atoms with Crippen molar-refractivity contribution in [3.05, 3.63) is 48.2 Å². The van der Waals surface area contributed by atoms with Crippen LogP contribution in [-0.4, -0.2) is 65.9 Å². The molecule has 7 nitrogen and oxygen atoms in total. The van der Waals surface area contributed by atoms with Gasteiger partial charge in [0.1, 0.15) is 0 Å². The van der Waals surface area contributed by atoms with Crippen molar-refractivity contribution in [2.24, 2.45) is 0 Å². The molecule has 0 unspecified atom stereocenters. The van der Waals surface area contributed by atoms with Crippen LogP contribution < -0.4 is 11.1 Å². The molecule has 0 bridgehead atoms. The summed E-state index contributed by atoms with van der Waals surface area (Å²) in [6.07, 6.45) is 6.75. The van der Waals surface area contributed by atoms with Crippen molar-refractivity contribution in [3.63, 3.8) is 0 Å². The zero-order chi connectivity index (χ0) is 19.9. The van der Waals surface area contributed by atoms with Crippen LogP contribution >= 0.6 is 0 Å². The summed E-state index contributed by atoms with van der Waals surface area (Å²) in [5.74, 6) is 2.15. The molecule has 0 atom stereocenters. The quantitative estimate of drug-likeness (QED) is 0.754. The van der Waals surface area contributed by atoms with Gasteiger partial charge in [0.05, 0.1) is 30.0 Å². The second kappa shape index (κ2) is 9.02. The maximum atomic E-state index is 13.0.